The van der Waals surface area contributed by atoms with Crippen LogP contribution in [-0.4, -0.2) is 39.0 Å². The molecule has 0 aromatic carbocycles. The first-order chi connectivity index (χ1) is 7.79. The average molecular weight is 228 g/mol. The summed E-state index contributed by atoms with van der Waals surface area (Å²) in [4.78, 5) is 0. The zero-order chi connectivity index (χ0) is 11.4. The van der Waals surface area contributed by atoms with Crippen molar-refractivity contribution in [3.63, 3.8) is 0 Å². The van der Waals surface area contributed by atoms with Gasteiger partial charge in [0, 0.05) is 5.92 Å². The quantitative estimate of drug-likeness (QED) is 0.672. The van der Waals surface area contributed by atoms with Gasteiger partial charge in [0.25, 0.3) is 0 Å². The van der Waals surface area contributed by atoms with Gasteiger partial charge in [-0.05, 0) is 25.3 Å². The van der Waals surface area contributed by atoms with Gasteiger partial charge in [0.15, 0.2) is 12.6 Å². The Bertz CT molecular complexity index is 223. The third kappa shape index (κ3) is 3.04. The van der Waals surface area contributed by atoms with Gasteiger partial charge in [0.05, 0.1) is 26.4 Å². The molecular formula is C12H20O4. The molecule has 2 atom stereocenters. The predicted molar refractivity (Wildman–Crippen MR) is 58.9 cm³/mol. The summed E-state index contributed by atoms with van der Waals surface area (Å²) in [5.74, 6) is 0.876. The van der Waals surface area contributed by atoms with Crippen molar-refractivity contribution in [1.82, 2.24) is 0 Å². The van der Waals surface area contributed by atoms with E-state index in [1.54, 1.807) is 6.08 Å². The van der Waals surface area contributed by atoms with E-state index in [2.05, 4.69) is 6.58 Å². The van der Waals surface area contributed by atoms with Crippen molar-refractivity contribution in [2.45, 2.75) is 25.9 Å². The minimum atomic E-state index is -0.238. The predicted octanol–water partition coefficient (Wildman–Crippen LogP) is 1.56. The van der Waals surface area contributed by atoms with Crippen LogP contribution < -0.4 is 0 Å². The highest BCUT2D eigenvalue weighted by atomic mass is 16.7. The fraction of sp³-hybridized carbons (Fsp3) is 0.833. The molecule has 92 valence electrons. The summed E-state index contributed by atoms with van der Waals surface area (Å²) in [5, 5.41) is 0. The second-order valence-corrected chi connectivity index (χ2v) is 4.35. The van der Waals surface area contributed by atoms with Gasteiger partial charge in [-0.1, -0.05) is 6.58 Å². The molecule has 0 radical (unpaired) electrons. The lowest BCUT2D eigenvalue weighted by molar-refractivity contribution is -0.188. The molecule has 2 aliphatic rings. The summed E-state index contributed by atoms with van der Waals surface area (Å²) >= 11 is 0. The maximum atomic E-state index is 5.57. The molecule has 2 rings (SSSR count). The van der Waals surface area contributed by atoms with Crippen LogP contribution >= 0.6 is 0 Å². The molecule has 16 heavy (non-hydrogen) atoms. The largest absolute Gasteiger partial charge is 0.353 e. The van der Waals surface area contributed by atoms with Crippen LogP contribution in [0.25, 0.3) is 0 Å². The zero-order valence-electron chi connectivity index (χ0n) is 9.76. The van der Waals surface area contributed by atoms with E-state index < -0.39 is 0 Å². The zero-order valence-corrected chi connectivity index (χ0v) is 9.76. The molecule has 0 aromatic rings. The number of rotatable bonds is 2. The second-order valence-electron chi connectivity index (χ2n) is 4.35. The molecule has 2 unspecified atom stereocenters. The maximum absolute atomic E-state index is 5.57. The Labute approximate surface area is 96.5 Å². The van der Waals surface area contributed by atoms with E-state index >= 15 is 0 Å². The molecule has 0 amide bonds. The van der Waals surface area contributed by atoms with Crippen molar-refractivity contribution < 1.29 is 18.9 Å². The first-order valence-corrected chi connectivity index (χ1v) is 5.88. The Morgan fingerprint density at radius 2 is 1.69 bits per heavy atom. The molecule has 0 spiro atoms. The Morgan fingerprint density at radius 3 is 2.38 bits per heavy atom. The van der Waals surface area contributed by atoms with Crippen molar-refractivity contribution in [1.29, 1.82) is 0 Å². The molecule has 2 saturated heterocycles. The topological polar surface area (TPSA) is 36.9 Å². The minimum absolute atomic E-state index is 0.0867. The molecule has 2 fully saturated rings. The summed E-state index contributed by atoms with van der Waals surface area (Å²) < 4.78 is 22.1. The summed E-state index contributed by atoms with van der Waals surface area (Å²) in [7, 11) is 0. The Morgan fingerprint density at radius 1 is 1.00 bits per heavy atom. The standard InChI is InChI=1S/C12H20O4/c1-3-12-15-7-11(8-16-12)10-4-5-13-9(2)14-6-10/h3,9-12H,1,4-8H2,2H3. The fourth-order valence-corrected chi connectivity index (χ4v) is 2.09. The van der Waals surface area contributed by atoms with Gasteiger partial charge in [-0.25, -0.2) is 0 Å². The summed E-state index contributed by atoms with van der Waals surface area (Å²) in [6.07, 6.45) is 2.38. The minimum Gasteiger partial charge on any atom is -0.353 e. The van der Waals surface area contributed by atoms with Gasteiger partial charge >= 0.3 is 0 Å². The van der Waals surface area contributed by atoms with E-state index in [1.807, 2.05) is 6.92 Å². The average Bonchev–Trinajstić information content (AvgIpc) is 2.54. The summed E-state index contributed by atoms with van der Waals surface area (Å²) in [6, 6.07) is 0. The highest BCUT2D eigenvalue weighted by molar-refractivity contribution is 4.79. The van der Waals surface area contributed by atoms with E-state index in [0.717, 1.165) is 32.8 Å². The van der Waals surface area contributed by atoms with Crippen LogP contribution in [0.4, 0.5) is 0 Å². The van der Waals surface area contributed by atoms with E-state index in [9.17, 15) is 0 Å². The maximum Gasteiger partial charge on any atom is 0.176 e. The van der Waals surface area contributed by atoms with E-state index in [1.165, 1.54) is 0 Å². The van der Waals surface area contributed by atoms with Gasteiger partial charge < -0.3 is 18.9 Å². The van der Waals surface area contributed by atoms with E-state index in [0.29, 0.717) is 11.8 Å². The van der Waals surface area contributed by atoms with Gasteiger partial charge in [0.1, 0.15) is 0 Å². The van der Waals surface area contributed by atoms with Crippen LogP contribution in [0.1, 0.15) is 13.3 Å². The van der Waals surface area contributed by atoms with Crippen molar-refractivity contribution >= 4 is 0 Å². The Kier molecular flexibility index (Phi) is 4.35. The molecule has 0 saturated carbocycles. The van der Waals surface area contributed by atoms with Crippen LogP contribution in [0.2, 0.25) is 0 Å². The van der Waals surface area contributed by atoms with Gasteiger partial charge in [-0.3, -0.25) is 0 Å². The van der Waals surface area contributed by atoms with Crippen LogP contribution in [0.5, 0.6) is 0 Å². The highest BCUT2D eigenvalue weighted by Crippen LogP contribution is 2.25. The van der Waals surface area contributed by atoms with Crippen molar-refractivity contribution in [3.8, 4) is 0 Å². The first kappa shape index (κ1) is 12.0. The molecule has 0 N–H and O–H groups in total. The molecule has 0 aromatic heterocycles. The summed E-state index contributed by atoms with van der Waals surface area (Å²) in [5.41, 5.74) is 0. The van der Waals surface area contributed by atoms with E-state index in [-0.39, 0.29) is 12.6 Å². The lowest BCUT2D eigenvalue weighted by atomic mass is 9.91. The SMILES string of the molecule is C=CC1OCC(C2CCOC(C)OC2)CO1. The van der Waals surface area contributed by atoms with E-state index in [4.69, 9.17) is 18.9 Å². The summed E-state index contributed by atoms with van der Waals surface area (Å²) in [6.45, 7) is 8.52. The third-order valence-electron chi connectivity index (χ3n) is 3.19. The van der Waals surface area contributed by atoms with Crippen LogP contribution in [0, 0.1) is 11.8 Å². The monoisotopic (exact) mass is 228 g/mol. The molecule has 4 nitrogen and oxygen atoms in total. The molecule has 2 heterocycles. The van der Waals surface area contributed by atoms with Gasteiger partial charge in [0.2, 0.25) is 0 Å². The molecule has 0 bridgehead atoms. The Balaban J connectivity index is 1.81. The molecular weight excluding hydrogens is 208 g/mol. The number of hydrogen-bond donors (Lipinski definition) is 0. The van der Waals surface area contributed by atoms with Crippen molar-refractivity contribution in [2.24, 2.45) is 11.8 Å². The van der Waals surface area contributed by atoms with Crippen LogP contribution in [0.15, 0.2) is 12.7 Å². The first-order valence-electron chi connectivity index (χ1n) is 5.88. The third-order valence-corrected chi connectivity index (χ3v) is 3.19. The second kappa shape index (κ2) is 5.77. The van der Waals surface area contributed by atoms with Gasteiger partial charge in [-0.2, -0.15) is 0 Å². The highest BCUT2D eigenvalue weighted by Gasteiger charge is 2.29. The van der Waals surface area contributed by atoms with Crippen LogP contribution in [-0.2, 0) is 18.9 Å². The fourth-order valence-electron chi connectivity index (χ4n) is 2.09. The number of hydrogen-bond acceptors (Lipinski definition) is 4. The lowest BCUT2D eigenvalue weighted by Crippen LogP contribution is -2.36. The lowest BCUT2D eigenvalue weighted by Gasteiger charge is -2.32. The smallest absolute Gasteiger partial charge is 0.176 e. The molecule has 4 heteroatoms. The molecule has 2 aliphatic heterocycles. The van der Waals surface area contributed by atoms with Gasteiger partial charge in [-0.15, -0.1) is 0 Å². The van der Waals surface area contributed by atoms with Crippen LogP contribution in [0.3, 0.4) is 0 Å². The Hall–Kier alpha value is -0.420. The normalized spacial score (nSPS) is 41.3. The number of ether oxygens (including phenoxy) is 4. The van der Waals surface area contributed by atoms with Crippen molar-refractivity contribution in [3.05, 3.63) is 12.7 Å². The van der Waals surface area contributed by atoms with Crippen molar-refractivity contribution in [2.75, 3.05) is 26.4 Å². The molecule has 0 aliphatic carbocycles.